The zero-order valence-electron chi connectivity index (χ0n) is 37.5. The summed E-state index contributed by atoms with van der Waals surface area (Å²) in [7, 11) is 0. The Bertz CT molecular complexity index is 889. The lowest BCUT2D eigenvalue weighted by Crippen LogP contribution is -2.46. The van der Waals surface area contributed by atoms with Gasteiger partial charge in [0.2, 0.25) is 5.91 Å². The van der Waals surface area contributed by atoms with Gasteiger partial charge in [0, 0.05) is 6.42 Å². The van der Waals surface area contributed by atoms with Gasteiger partial charge >= 0.3 is 5.97 Å². The third kappa shape index (κ3) is 39.2. The number of rotatable bonds is 44. The lowest BCUT2D eigenvalue weighted by atomic mass is 10.0. The molecule has 3 N–H and O–H groups in total. The van der Waals surface area contributed by atoms with Gasteiger partial charge in [0.25, 0.3) is 0 Å². The van der Waals surface area contributed by atoms with Crippen molar-refractivity contribution in [3.05, 3.63) is 24.3 Å². The number of aliphatic hydroxyl groups is 2. The van der Waals surface area contributed by atoms with E-state index in [1.165, 1.54) is 141 Å². The van der Waals surface area contributed by atoms with Crippen molar-refractivity contribution in [2.75, 3.05) is 6.61 Å². The quantitative estimate of drug-likeness (QED) is 0.0324. The number of allylic oxidation sites excluding steroid dienone is 4. The second kappa shape index (κ2) is 44.4. The molecule has 0 heterocycles. The summed E-state index contributed by atoms with van der Waals surface area (Å²) < 4.78 is 5.89. The molecule has 0 bridgehead atoms. The molecule has 3 atom stereocenters. The molecule has 0 saturated heterocycles. The van der Waals surface area contributed by atoms with E-state index in [4.69, 9.17) is 4.74 Å². The van der Waals surface area contributed by atoms with Gasteiger partial charge in [0.15, 0.2) is 0 Å². The first-order valence-corrected chi connectivity index (χ1v) is 24.6. The molecule has 0 aliphatic carbocycles. The third-order valence-corrected chi connectivity index (χ3v) is 11.3. The van der Waals surface area contributed by atoms with Crippen molar-refractivity contribution in [1.82, 2.24) is 5.32 Å². The van der Waals surface area contributed by atoms with Crippen LogP contribution >= 0.6 is 0 Å². The Hall–Kier alpha value is -1.66. The van der Waals surface area contributed by atoms with Crippen molar-refractivity contribution < 1.29 is 24.5 Å². The second-order valence-electron chi connectivity index (χ2n) is 16.8. The first-order chi connectivity index (χ1) is 27.5. The van der Waals surface area contributed by atoms with Gasteiger partial charge in [-0.15, -0.1) is 0 Å². The molecule has 3 unspecified atom stereocenters. The van der Waals surface area contributed by atoms with E-state index in [0.29, 0.717) is 19.3 Å². The molecule has 0 saturated carbocycles. The number of carbonyl (C=O) groups is 2. The first kappa shape index (κ1) is 54.3. The largest absolute Gasteiger partial charge is 0.462 e. The average Bonchev–Trinajstić information content (AvgIpc) is 3.19. The van der Waals surface area contributed by atoms with Crippen LogP contribution in [0.5, 0.6) is 0 Å². The average molecular weight is 790 g/mol. The highest BCUT2D eigenvalue weighted by molar-refractivity contribution is 5.77. The Labute approximate surface area is 348 Å². The van der Waals surface area contributed by atoms with Crippen molar-refractivity contribution in [1.29, 1.82) is 0 Å². The van der Waals surface area contributed by atoms with Crippen LogP contribution in [0.3, 0.4) is 0 Å². The van der Waals surface area contributed by atoms with Gasteiger partial charge in [0.05, 0.1) is 25.2 Å². The van der Waals surface area contributed by atoms with E-state index in [-0.39, 0.29) is 24.9 Å². The number of aliphatic hydroxyl groups excluding tert-OH is 2. The number of ether oxygens (including phenoxy) is 1. The molecule has 0 radical (unpaired) electrons. The molecule has 1 amide bonds. The Kier molecular flexibility index (Phi) is 43.1. The lowest BCUT2D eigenvalue weighted by molar-refractivity contribution is -0.151. The number of unbranched alkanes of at least 4 members (excludes halogenated alkanes) is 28. The zero-order chi connectivity index (χ0) is 41.0. The maximum Gasteiger partial charge on any atom is 0.306 e. The highest BCUT2D eigenvalue weighted by atomic mass is 16.5. The Morgan fingerprint density at radius 1 is 0.536 bits per heavy atom. The molecular weight excluding hydrogens is 695 g/mol. The van der Waals surface area contributed by atoms with E-state index < -0.39 is 18.2 Å². The lowest BCUT2D eigenvalue weighted by Gasteiger charge is -2.24. The van der Waals surface area contributed by atoms with E-state index in [1.807, 2.05) is 0 Å². The third-order valence-electron chi connectivity index (χ3n) is 11.3. The highest BCUT2D eigenvalue weighted by Gasteiger charge is 2.24. The van der Waals surface area contributed by atoms with Crippen LogP contribution in [0.25, 0.3) is 0 Å². The number of nitrogens with one attached hydrogen (secondary N) is 1. The number of hydrogen-bond acceptors (Lipinski definition) is 5. The van der Waals surface area contributed by atoms with Crippen LogP contribution < -0.4 is 5.32 Å². The predicted molar refractivity (Wildman–Crippen MR) is 241 cm³/mol. The van der Waals surface area contributed by atoms with E-state index in [0.717, 1.165) is 70.6 Å². The van der Waals surface area contributed by atoms with Crippen molar-refractivity contribution >= 4 is 11.9 Å². The molecule has 330 valence electrons. The van der Waals surface area contributed by atoms with Crippen molar-refractivity contribution in [3.8, 4) is 0 Å². The summed E-state index contributed by atoms with van der Waals surface area (Å²) >= 11 is 0. The Balaban J connectivity index is 4.47. The van der Waals surface area contributed by atoms with Gasteiger partial charge in [-0.25, -0.2) is 0 Å². The smallest absolute Gasteiger partial charge is 0.306 e. The molecule has 0 aromatic carbocycles. The zero-order valence-corrected chi connectivity index (χ0v) is 37.5. The molecular formula is C50H95NO5. The summed E-state index contributed by atoms with van der Waals surface area (Å²) in [5, 5.41) is 23.7. The van der Waals surface area contributed by atoms with Crippen LogP contribution in [0.2, 0.25) is 0 Å². The Morgan fingerprint density at radius 2 is 0.964 bits per heavy atom. The van der Waals surface area contributed by atoms with Crippen LogP contribution in [0.15, 0.2) is 24.3 Å². The summed E-state index contributed by atoms with van der Waals surface area (Å²) in [6.45, 7) is 6.36. The standard InChI is InChI=1S/C50H95NO5/c1-4-7-10-13-16-19-21-23-24-25-26-28-31-33-36-39-42-48(53)47(45-52)51-49(54)44-46(41-38-35-32-30-27-22-20-17-14-11-8-5-2)56-50(55)43-40-37-34-29-18-15-12-9-6-3/h8,11,17,20,46-48,52-53H,4-7,9-10,12-16,18-19,21-45H2,1-3H3,(H,51,54)/b11-8+,20-17+. The molecule has 6 heteroatoms. The van der Waals surface area contributed by atoms with Gasteiger partial charge in [-0.05, 0) is 51.4 Å². The molecule has 56 heavy (non-hydrogen) atoms. The molecule has 0 aliphatic rings. The predicted octanol–water partition coefficient (Wildman–Crippen LogP) is 14.3. The minimum atomic E-state index is -0.786. The number of esters is 1. The van der Waals surface area contributed by atoms with Crippen molar-refractivity contribution in [2.45, 2.75) is 277 Å². The van der Waals surface area contributed by atoms with E-state index in [2.05, 4.69) is 50.4 Å². The molecule has 0 fully saturated rings. The fourth-order valence-electron chi connectivity index (χ4n) is 7.59. The number of hydrogen-bond donors (Lipinski definition) is 3. The second-order valence-corrected chi connectivity index (χ2v) is 16.8. The monoisotopic (exact) mass is 790 g/mol. The minimum absolute atomic E-state index is 0.0725. The van der Waals surface area contributed by atoms with Crippen LogP contribution in [-0.4, -0.2) is 46.9 Å². The van der Waals surface area contributed by atoms with Gasteiger partial charge in [0.1, 0.15) is 6.10 Å². The summed E-state index contributed by atoms with van der Waals surface area (Å²) in [5.41, 5.74) is 0. The molecule has 6 nitrogen and oxygen atoms in total. The number of carbonyl (C=O) groups excluding carboxylic acids is 2. The maximum atomic E-state index is 13.1. The fraction of sp³-hybridized carbons (Fsp3) is 0.880. The summed E-state index contributed by atoms with van der Waals surface area (Å²) in [4.78, 5) is 26.0. The van der Waals surface area contributed by atoms with Crippen molar-refractivity contribution in [3.63, 3.8) is 0 Å². The molecule has 0 aromatic heterocycles. The summed E-state index contributed by atoms with van der Waals surface area (Å²) in [6.07, 6.45) is 49.6. The molecule has 0 rings (SSSR count). The molecule has 0 aromatic rings. The SMILES string of the molecule is CC/C=C/C/C=C/CCCCCCCC(CC(=O)NC(CO)C(O)CCCCCCCCCCCCCCCCCC)OC(=O)CCCCCCCCCCC. The minimum Gasteiger partial charge on any atom is -0.462 e. The molecule has 0 aliphatic heterocycles. The Morgan fingerprint density at radius 3 is 1.45 bits per heavy atom. The summed E-state index contributed by atoms with van der Waals surface area (Å²) in [6, 6.07) is -0.700. The van der Waals surface area contributed by atoms with Gasteiger partial charge in [-0.3, -0.25) is 9.59 Å². The normalized spacial score (nSPS) is 13.4. The topological polar surface area (TPSA) is 95.9 Å². The van der Waals surface area contributed by atoms with E-state index in [1.54, 1.807) is 0 Å². The van der Waals surface area contributed by atoms with Gasteiger partial charge < -0.3 is 20.3 Å². The van der Waals surface area contributed by atoms with Gasteiger partial charge in [-0.2, -0.15) is 0 Å². The number of amides is 1. The summed E-state index contributed by atoms with van der Waals surface area (Å²) in [5.74, 6) is -0.481. The van der Waals surface area contributed by atoms with E-state index in [9.17, 15) is 19.8 Å². The van der Waals surface area contributed by atoms with Crippen LogP contribution in [0.1, 0.15) is 258 Å². The van der Waals surface area contributed by atoms with Gasteiger partial charge in [-0.1, -0.05) is 218 Å². The van der Waals surface area contributed by atoms with E-state index >= 15 is 0 Å². The maximum absolute atomic E-state index is 13.1. The van der Waals surface area contributed by atoms with Crippen LogP contribution in [-0.2, 0) is 14.3 Å². The first-order valence-electron chi connectivity index (χ1n) is 24.6. The fourth-order valence-corrected chi connectivity index (χ4v) is 7.59. The van der Waals surface area contributed by atoms with Crippen molar-refractivity contribution in [2.24, 2.45) is 0 Å². The van der Waals surface area contributed by atoms with Crippen LogP contribution in [0, 0.1) is 0 Å². The molecule has 0 spiro atoms. The van der Waals surface area contributed by atoms with Crippen LogP contribution in [0.4, 0.5) is 0 Å². The highest BCUT2D eigenvalue weighted by Crippen LogP contribution is 2.18.